The van der Waals surface area contributed by atoms with Gasteiger partial charge in [-0.25, -0.2) is 0 Å². The van der Waals surface area contributed by atoms with Gasteiger partial charge in [0.1, 0.15) is 0 Å². The second-order valence-corrected chi connectivity index (χ2v) is 6.80. The molecule has 0 aromatic carbocycles. The van der Waals surface area contributed by atoms with Crippen molar-refractivity contribution < 1.29 is 0 Å². The summed E-state index contributed by atoms with van der Waals surface area (Å²) in [6.07, 6.45) is 5.76. The Balaban J connectivity index is 2.35. The third kappa shape index (κ3) is 4.99. The van der Waals surface area contributed by atoms with Crippen molar-refractivity contribution in [2.75, 3.05) is 13.1 Å². The Bertz CT molecular complexity index is 196. The molecular weight excluding hydrogens is 206 g/mol. The zero-order valence-corrected chi connectivity index (χ0v) is 12.6. The van der Waals surface area contributed by atoms with Gasteiger partial charge in [0.05, 0.1) is 0 Å². The average molecular weight is 239 g/mol. The second kappa shape index (κ2) is 7.41. The fourth-order valence-corrected chi connectivity index (χ4v) is 3.29. The molecule has 1 rings (SSSR count). The van der Waals surface area contributed by atoms with Crippen LogP contribution in [0, 0.1) is 29.6 Å². The standard InChI is InChI=1S/C16H33N/c1-6-14-9-15(13(4)5)7-8-16(14)11-17-10-12(2)3/h12-17H,6-11H2,1-5H3. The van der Waals surface area contributed by atoms with E-state index in [1.165, 1.54) is 38.8 Å². The molecule has 102 valence electrons. The van der Waals surface area contributed by atoms with Crippen molar-refractivity contribution in [3.8, 4) is 0 Å². The van der Waals surface area contributed by atoms with Crippen molar-refractivity contribution in [2.24, 2.45) is 29.6 Å². The maximum absolute atomic E-state index is 3.66. The van der Waals surface area contributed by atoms with E-state index in [1.54, 1.807) is 0 Å². The van der Waals surface area contributed by atoms with E-state index in [0.29, 0.717) is 0 Å². The van der Waals surface area contributed by atoms with Crippen LogP contribution in [-0.4, -0.2) is 13.1 Å². The van der Waals surface area contributed by atoms with Gasteiger partial charge in [0, 0.05) is 0 Å². The van der Waals surface area contributed by atoms with Crippen LogP contribution in [0.2, 0.25) is 0 Å². The summed E-state index contributed by atoms with van der Waals surface area (Å²) in [5.41, 5.74) is 0. The summed E-state index contributed by atoms with van der Waals surface area (Å²) < 4.78 is 0. The highest BCUT2D eigenvalue weighted by atomic mass is 14.9. The molecule has 1 N–H and O–H groups in total. The molecule has 0 radical (unpaired) electrons. The van der Waals surface area contributed by atoms with E-state index < -0.39 is 0 Å². The normalized spacial score (nSPS) is 30.2. The Morgan fingerprint density at radius 1 is 1.06 bits per heavy atom. The lowest BCUT2D eigenvalue weighted by Crippen LogP contribution is -2.35. The van der Waals surface area contributed by atoms with Gasteiger partial charge in [0.2, 0.25) is 0 Å². The van der Waals surface area contributed by atoms with Gasteiger partial charge >= 0.3 is 0 Å². The van der Waals surface area contributed by atoms with Crippen molar-refractivity contribution in [3.63, 3.8) is 0 Å². The summed E-state index contributed by atoms with van der Waals surface area (Å²) in [5, 5.41) is 3.66. The fourth-order valence-electron chi connectivity index (χ4n) is 3.29. The lowest BCUT2D eigenvalue weighted by Gasteiger charge is -2.38. The van der Waals surface area contributed by atoms with Crippen LogP contribution in [-0.2, 0) is 0 Å². The molecule has 1 fully saturated rings. The highest BCUT2D eigenvalue weighted by molar-refractivity contribution is 4.82. The van der Waals surface area contributed by atoms with E-state index in [4.69, 9.17) is 0 Å². The molecule has 17 heavy (non-hydrogen) atoms. The van der Waals surface area contributed by atoms with Crippen LogP contribution in [0.1, 0.15) is 60.3 Å². The third-order valence-corrected chi connectivity index (χ3v) is 4.61. The summed E-state index contributed by atoms with van der Waals surface area (Å²) in [5.74, 6) is 4.56. The first-order chi connectivity index (χ1) is 8.04. The van der Waals surface area contributed by atoms with E-state index in [2.05, 4.69) is 39.9 Å². The molecule has 1 aliphatic rings. The topological polar surface area (TPSA) is 12.0 Å². The fraction of sp³-hybridized carbons (Fsp3) is 1.00. The van der Waals surface area contributed by atoms with Gasteiger partial charge in [0.25, 0.3) is 0 Å². The minimum Gasteiger partial charge on any atom is -0.316 e. The monoisotopic (exact) mass is 239 g/mol. The van der Waals surface area contributed by atoms with Crippen LogP contribution < -0.4 is 5.32 Å². The van der Waals surface area contributed by atoms with Crippen LogP contribution in [0.15, 0.2) is 0 Å². The molecule has 1 saturated carbocycles. The number of rotatable bonds is 6. The van der Waals surface area contributed by atoms with Gasteiger partial charge in [0.15, 0.2) is 0 Å². The van der Waals surface area contributed by atoms with Gasteiger partial charge in [-0.1, -0.05) is 41.0 Å². The Hall–Kier alpha value is -0.0400. The Morgan fingerprint density at radius 2 is 1.76 bits per heavy atom. The highest BCUT2D eigenvalue weighted by Gasteiger charge is 2.30. The van der Waals surface area contributed by atoms with Crippen molar-refractivity contribution >= 4 is 0 Å². The first-order valence-corrected chi connectivity index (χ1v) is 7.75. The molecule has 0 aromatic rings. The van der Waals surface area contributed by atoms with Crippen LogP contribution in [0.25, 0.3) is 0 Å². The summed E-state index contributed by atoms with van der Waals surface area (Å²) in [6.45, 7) is 14.2. The quantitative estimate of drug-likeness (QED) is 0.727. The van der Waals surface area contributed by atoms with Crippen LogP contribution in [0.4, 0.5) is 0 Å². The first-order valence-electron chi connectivity index (χ1n) is 7.75. The number of nitrogens with one attached hydrogen (secondary N) is 1. The van der Waals surface area contributed by atoms with E-state index in [9.17, 15) is 0 Å². The largest absolute Gasteiger partial charge is 0.316 e. The number of hydrogen-bond acceptors (Lipinski definition) is 1. The summed E-state index contributed by atoms with van der Waals surface area (Å²) in [6, 6.07) is 0. The zero-order valence-electron chi connectivity index (χ0n) is 12.6. The summed E-state index contributed by atoms with van der Waals surface area (Å²) in [4.78, 5) is 0. The predicted octanol–water partition coefficient (Wildman–Crippen LogP) is 4.33. The maximum Gasteiger partial charge on any atom is -0.00178 e. The van der Waals surface area contributed by atoms with E-state index in [1.807, 2.05) is 0 Å². The van der Waals surface area contributed by atoms with E-state index in [-0.39, 0.29) is 0 Å². The molecule has 0 saturated heterocycles. The predicted molar refractivity (Wildman–Crippen MR) is 77.2 cm³/mol. The van der Waals surface area contributed by atoms with Crippen molar-refractivity contribution in [3.05, 3.63) is 0 Å². The first kappa shape index (κ1) is 15.0. The van der Waals surface area contributed by atoms with E-state index >= 15 is 0 Å². The molecule has 0 heterocycles. The summed E-state index contributed by atoms with van der Waals surface area (Å²) >= 11 is 0. The lowest BCUT2D eigenvalue weighted by molar-refractivity contribution is 0.141. The number of hydrogen-bond donors (Lipinski definition) is 1. The average Bonchev–Trinajstić information content (AvgIpc) is 2.28. The molecule has 1 aliphatic carbocycles. The second-order valence-electron chi connectivity index (χ2n) is 6.80. The Morgan fingerprint density at radius 3 is 2.29 bits per heavy atom. The molecule has 0 spiro atoms. The highest BCUT2D eigenvalue weighted by Crippen LogP contribution is 2.38. The molecule has 0 bridgehead atoms. The van der Waals surface area contributed by atoms with Gasteiger partial charge < -0.3 is 5.32 Å². The van der Waals surface area contributed by atoms with Crippen LogP contribution in [0.5, 0.6) is 0 Å². The lowest BCUT2D eigenvalue weighted by atomic mass is 9.69. The molecule has 0 aromatic heterocycles. The van der Waals surface area contributed by atoms with Crippen LogP contribution in [0.3, 0.4) is 0 Å². The zero-order chi connectivity index (χ0) is 12.8. The van der Waals surface area contributed by atoms with Crippen LogP contribution >= 0.6 is 0 Å². The van der Waals surface area contributed by atoms with Crippen molar-refractivity contribution in [2.45, 2.75) is 60.3 Å². The molecule has 3 atom stereocenters. The molecule has 0 amide bonds. The van der Waals surface area contributed by atoms with Gasteiger partial charge in [-0.2, -0.15) is 0 Å². The SMILES string of the molecule is CCC1CC(C(C)C)CCC1CNCC(C)C. The third-order valence-electron chi connectivity index (χ3n) is 4.61. The van der Waals surface area contributed by atoms with Crippen molar-refractivity contribution in [1.82, 2.24) is 5.32 Å². The Kier molecular flexibility index (Phi) is 6.54. The maximum atomic E-state index is 3.66. The van der Waals surface area contributed by atoms with Gasteiger partial charge in [-0.15, -0.1) is 0 Å². The molecule has 0 aliphatic heterocycles. The Labute approximate surface area is 109 Å². The minimum absolute atomic E-state index is 0.780. The van der Waals surface area contributed by atoms with E-state index in [0.717, 1.165) is 29.6 Å². The van der Waals surface area contributed by atoms with Crippen molar-refractivity contribution in [1.29, 1.82) is 0 Å². The summed E-state index contributed by atoms with van der Waals surface area (Å²) in [7, 11) is 0. The van der Waals surface area contributed by atoms with Gasteiger partial charge in [-0.05, 0) is 61.9 Å². The molecular formula is C16H33N. The molecule has 1 nitrogen and oxygen atoms in total. The molecule has 1 heteroatoms. The smallest absolute Gasteiger partial charge is 0.00178 e. The minimum atomic E-state index is 0.780. The van der Waals surface area contributed by atoms with Gasteiger partial charge in [-0.3, -0.25) is 0 Å². The molecule has 3 unspecified atom stereocenters.